The number of carbonyl (C=O) groups excluding carboxylic acids is 1. The second-order valence-corrected chi connectivity index (χ2v) is 5.13. The largest absolute Gasteiger partial charge is 0.481 e. The van der Waals surface area contributed by atoms with Crippen molar-refractivity contribution in [1.82, 2.24) is 4.98 Å². The molecule has 0 saturated carbocycles. The molecule has 5 nitrogen and oxygen atoms in total. The van der Waals surface area contributed by atoms with Crippen LogP contribution in [0.1, 0.15) is 18.4 Å². The molecule has 2 unspecified atom stereocenters. The Bertz CT molecular complexity index is 551. The van der Waals surface area contributed by atoms with E-state index in [9.17, 15) is 14.7 Å². The molecule has 2 rings (SSSR count). The van der Waals surface area contributed by atoms with E-state index < -0.39 is 17.8 Å². The first-order valence-corrected chi connectivity index (χ1v) is 6.68. The van der Waals surface area contributed by atoms with Gasteiger partial charge in [0.1, 0.15) is 0 Å². The normalized spacial score (nSPS) is 21.5. The quantitative estimate of drug-likeness (QED) is 0.663. The van der Waals surface area contributed by atoms with E-state index in [1.54, 1.807) is 25.3 Å². The Kier molecular flexibility index (Phi) is 4.39. The third-order valence-electron chi connectivity index (χ3n) is 3.45. The van der Waals surface area contributed by atoms with Crippen LogP contribution in [0.4, 0.5) is 5.69 Å². The molecule has 1 aliphatic rings. The van der Waals surface area contributed by atoms with Crippen molar-refractivity contribution in [3.8, 4) is 0 Å². The molecule has 20 heavy (non-hydrogen) atoms. The highest BCUT2D eigenvalue weighted by Gasteiger charge is 2.34. The standard InChI is InChI=1S/C14H15ClN2O3/c1-8-6-7-16-12(15)11(8)17-13(18)9-4-2-3-5-10(9)14(19)20/h2-3,6-7,9-10H,4-5H2,1H3,(H,17,18)(H,19,20). The van der Waals surface area contributed by atoms with Crippen LogP contribution in [0.25, 0.3) is 0 Å². The fraction of sp³-hybridized carbons (Fsp3) is 0.357. The lowest BCUT2D eigenvalue weighted by Gasteiger charge is -2.24. The second kappa shape index (κ2) is 6.05. The van der Waals surface area contributed by atoms with E-state index in [0.717, 1.165) is 5.56 Å². The number of anilines is 1. The van der Waals surface area contributed by atoms with Crippen LogP contribution in [0, 0.1) is 18.8 Å². The minimum Gasteiger partial charge on any atom is -0.481 e. The molecule has 1 aliphatic carbocycles. The van der Waals surface area contributed by atoms with E-state index in [0.29, 0.717) is 18.5 Å². The van der Waals surface area contributed by atoms with Gasteiger partial charge >= 0.3 is 5.97 Å². The predicted octanol–water partition coefficient (Wildman–Crippen LogP) is 2.65. The summed E-state index contributed by atoms with van der Waals surface area (Å²) in [5, 5.41) is 12.1. The number of pyridine rings is 1. The summed E-state index contributed by atoms with van der Waals surface area (Å²) in [5.74, 6) is -2.58. The molecule has 106 valence electrons. The summed E-state index contributed by atoms with van der Waals surface area (Å²) >= 11 is 5.96. The molecule has 0 saturated heterocycles. The Balaban J connectivity index is 2.19. The van der Waals surface area contributed by atoms with Crippen LogP contribution in [-0.2, 0) is 9.59 Å². The zero-order valence-electron chi connectivity index (χ0n) is 11.0. The molecule has 0 spiro atoms. The number of aliphatic carboxylic acids is 1. The molecular formula is C14H15ClN2O3. The average Bonchev–Trinajstić information content (AvgIpc) is 2.43. The first-order valence-electron chi connectivity index (χ1n) is 6.30. The third kappa shape index (κ3) is 2.99. The molecule has 0 aromatic carbocycles. The maximum Gasteiger partial charge on any atom is 0.307 e. The zero-order chi connectivity index (χ0) is 14.7. The number of nitrogens with zero attached hydrogens (tertiary/aromatic N) is 1. The van der Waals surface area contributed by atoms with Crippen molar-refractivity contribution >= 4 is 29.2 Å². The van der Waals surface area contributed by atoms with Gasteiger partial charge in [-0.2, -0.15) is 0 Å². The third-order valence-corrected chi connectivity index (χ3v) is 3.73. The maximum atomic E-state index is 12.3. The number of hydrogen-bond acceptors (Lipinski definition) is 3. The van der Waals surface area contributed by atoms with E-state index in [4.69, 9.17) is 11.6 Å². The maximum absolute atomic E-state index is 12.3. The molecule has 1 aromatic heterocycles. The van der Waals surface area contributed by atoms with Gasteiger partial charge < -0.3 is 10.4 Å². The predicted molar refractivity (Wildman–Crippen MR) is 75.6 cm³/mol. The van der Waals surface area contributed by atoms with Crippen molar-refractivity contribution in [2.75, 3.05) is 5.32 Å². The van der Waals surface area contributed by atoms with Gasteiger partial charge in [0.05, 0.1) is 17.5 Å². The molecule has 2 N–H and O–H groups in total. The Morgan fingerprint density at radius 3 is 2.60 bits per heavy atom. The van der Waals surface area contributed by atoms with E-state index in [1.807, 2.05) is 6.08 Å². The van der Waals surface area contributed by atoms with Crippen LogP contribution < -0.4 is 5.32 Å². The summed E-state index contributed by atoms with van der Waals surface area (Å²) < 4.78 is 0. The SMILES string of the molecule is Cc1ccnc(Cl)c1NC(=O)C1CC=CCC1C(=O)O. The van der Waals surface area contributed by atoms with Gasteiger partial charge in [0.15, 0.2) is 5.15 Å². The number of aromatic nitrogens is 1. The Hall–Kier alpha value is -1.88. The van der Waals surface area contributed by atoms with Crippen LogP contribution in [0.3, 0.4) is 0 Å². The number of carboxylic acid groups (broad SMARTS) is 1. The highest BCUT2D eigenvalue weighted by Crippen LogP contribution is 2.29. The van der Waals surface area contributed by atoms with Gasteiger partial charge in [-0.25, -0.2) is 4.98 Å². The number of carbonyl (C=O) groups is 2. The summed E-state index contributed by atoms with van der Waals surface area (Å²) in [6, 6.07) is 1.73. The molecule has 0 fully saturated rings. The number of allylic oxidation sites excluding steroid dienone is 2. The van der Waals surface area contributed by atoms with E-state index in [2.05, 4.69) is 10.3 Å². The first kappa shape index (κ1) is 14.5. The van der Waals surface area contributed by atoms with Crippen molar-refractivity contribution in [1.29, 1.82) is 0 Å². The van der Waals surface area contributed by atoms with Gasteiger partial charge in [-0.15, -0.1) is 0 Å². The van der Waals surface area contributed by atoms with E-state index >= 15 is 0 Å². The molecule has 0 aliphatic heterocycles. The van der Waals surface area contributed by atoms with Crippen LogP contribution >= 0.6 is 11.6 Å². The molecule has 1 aromatic rings. The van der Waals surface area contributed by atoms with Gasteiger partial charge in [0.2, 0.25) is 5.91 Å². The minimum absolute atomic E-state index is 0.205. The van der Waals surface area contributed by atoms with Gasteiger partial charge in [0, 0.05) is 6.20 Å². The first-order chi connectivity index (χ1) is 9.50. The smallest absolute Gasteiger partial charge is 0.307 e. The van der Waals surface area contributed by atoms with Gasteiger partial charge in [-0.3, -0.25) is 9.59 Å². The molecule has 1 heterocycles. The van der Waals surface area contributed by atoms with Crippen LogP contribution in [-0.4, -0.2) is 22.0 Å². The number of halogens is 1. The van der Waals surface area contributed by atoms with Crippen molar-refractivity contribution in [3.05, 3.63) is 35.1 Å². The summed E-state index contributed by atoms with van der Waals surface area (Å²) in [7, 11) is 0. The summed E-state index contributed by atoms with van der Waals surface area (Å²) in [6.07, 6.45) is 5.97. The molecule has 2 atom stereocenters. The van der Waals surface area contributed by atoms with Gasteiger partial charge in [-0.1, -0.05) is 23.8 Å². The lowest BCUT2D eigenvalue weighted by Crippen LogP contribution is -2.35. The number of rotatable bonds is 3. The zero-order valence-corrected chi connectivity index (χ0v) is 11.7. The highest BCUT2D eigenvalue weighted by atomic mass is 35.5. The number of carboxylic acids is 1. The average molecular weight is 295 g/mol. The van der Waals surface area contributed by atoms with E-state index in [1.165, 1.54) is 0 Å². The Morgan fingerprint density at radius 1 is 1.35 bits per heavy atom. The van der Waals surface area contributed by atoms with Crippen molar-refractivity contribution < 1.29 is 14.7 Å². The van der Waals surface area contributed by atoms with Gasteiger partial charge in [0.25, 0.3) is 0 Å². The topological polar surface area (TPSA) is 79.3 Å². The molecule has 0 bridgehead atoms. The number of nitrogens with one attached hydrogen (secondary N) is 1. The second-order valence-electron chi connectivity index (χ2n) is 4.78. The van der Waals surface area contributed by atoms with Crippen LogP contribution in [0.2, 0.25) is 5.15 Å². The van der Waals surface area contributed by atoms with E-state index in [-0.39, 0.29) is 11.1 Å². The monoisotopic (exact) mass is 294 g/mol. The molecular weight excluding hydrogens is 280 g/mol. The molecule has 0 radical (unpaired) electrons. The number of aryl methyl sites for hydroxylation is 1. The molecule has 1 amide bonds. The Labute approximate surface area is 121 Å². The lowest BCUT2D eigenvalue weighted by molar-refractivity contribution is -0.146. The minimum atomic E-state index is -0.955. The van der Waals surface area contributed by atoms with Crippen LogP contribution in [0.5, 0.6) is 0 Å². The Morgan fingerprint density at radius 2 is 2.00 bits per heavy atom. The highest BCUT2D eigenvalue weighted by molar-refractivity contribution is 6.32. The molecule has 6 heteroatoms. The summed E-state index contributed by atoms with van der Waals surface area (Å²) in [4.78, 5) is 27.4. The van der Waals surface area contributed by atoms with Crippen molar-refractivity contribution in [3.63, 3.8) is 0 Å². The number of hydrogen-bond donors (Lipinski definition) is 2. The fourth-order valence-corrected chi connectivity index (χ4v) is 2.52. The van der Waals surface area contributed by atoms with Gasteiger partial charge in [-0.05, 0) is 31.4 Å². The fourth-order valence-electron chi connectivity index (χ4n) is 2.27. The lowest BCUT2D eigenvalue weighted by atomic mass is 9.82. The van der Waals surface area contributed by atoms with Crippen molar-refractivity contribution in [2.45, 2.75) is 19.8 Å². The summed E-state index contributed by atoms with van der Waals surface area (Å²) in [6.45, 7) is 1.80. The van der Waals surface area contributed by atoms with Crippen molar-refractivity contribution in [2.24, 2.45) is 11.8 Å². The number of amides is 1. The summed E-state index contributed by atoms with van der Waals surface area (Å²) in [5.41, 5.74) is 1.23. The van der Waals surface area contributed by atoms with Crippen LogP contribution in [0.15, 0.2) is 24.4 Å².